The normalized spacial score (nSPS) is 10.8. The Morgan fingerprint density at radius 2 is 1.89 bits per heavy atom. The zero-order chi connectivity index (χ0) is 13.4. The van der Waals surface area contributed by atoms with Gasteiger partial charge in [0.25, 0.3) is 0 Å². The van der Waals surface area contributed by atoms with Crippen LogP contribution in [0.5, 0.6) is 0 Å². The van der Waals surface area contributed by atoms with Crippen LogP contribution in [0, 0.1) is 5.82 Å². The molecule has 0 aliphatic rings. The minimum absolute atomic E-state index is 0. The first-order chi connectivity index (χ1) is 8.63. The van der Waals surface area contributed by atoms with Crippen molar-refractivity contribution in [3.05, 3.63) is 41.2 Å². The summed E-state index contributed by atoms with van der Waals surface area (Å²) in [4.78, 5) is 11.7. The van der Waals surface area contributed by atoms with Crippen molar-refractivity contribution >= 4 is 24.4 Å². The molecule has 0 saturated carbocycles. The summed E-state index contributed by atoms with van der Waals surface area (Å²) >= 11 is 0. The molecule has 19 heavy (non-hydrogen) atoms. The van der Waals surface area contributed by atoms with Gasteiger partial charge in [0.1, 0.15) is 5.82 Å². The highest BCUT2D eigenvalue weighted by molar-refractivity contribution is 5.97. The third kappa shape index (κ3) is 6.94. The Kier molecular flexibility index (Phi) is 8.83. The summed E-state index contributed by atoms with van der Waals surface area (Å²) in [6.07, 6.45) is 1.74. The zero-order valence-corrected chi connectivity index (χ0v) is 12.0. The number of halogens is 2. The molecular formula is C14H20ClFN2O. The van der Waals surface area contributed by atoms with Gasteiger partial charge in [-0.15, -0.1) is 12.4 Å². The second kappa shape index (κ2) is 9.53. The third-order valence-corrected chi connectivity index (χ3v) is 2.45. The van der Waals surface area contributed by atoms with Crippen LogP contribution in [0.15, 0.2) is 29.8 Å². The van der Waals surface area contributed by atoms with Crippen molar-refractivity contribution in [2.75, 3.05) is 19.6 Å². The molecule has 1 amide bonds. The van der Waals surface area contributed by atoms with Crippen molar-refractivity contribution < 1.29 is 9.18 Å². The fourth-order valence-corrected chi connectivity index (χ4v) is 1.46. The Hall–Kier alpha value is -1.39. The largest absolute Gasteiger partial charge is 0.351 e. The summed E-state index contributed by atoms with van der Waals surface area (Å²) in [5.74, 6) is -0.378. The molecule has 0 bridgehead atoms. The van der Waals surface area contributed by atoms with Crippen LogP contribution in [0.3, 0.4) is 0 Å². The Balaban J connectivity index is 0.00000324. The third-order valence-electron chi connectivity index (χ3n) is 2.45. The van der Waals surface area contributed by atoms with Gasteiger partial charge in [0, 0.05) is 18.7 Å². The van der Waals surface area contributed by atoms with Crippen molar-refractivity contribution in [1.82, 2.24) is 10.6 Å². The van der Waals surface area contributed by atoms with E-state index in [9.17, 15) is 9.18 Å². The molecule has 5 heteroatoms. The molecule has 0 aliphatic heterocycles. The average Bonchev–Trinajstić information content (AvgIpc) is 2.37. The Morgan fingerprint density at radius 3 is 2.47 bits per heavy atom. The molecule has 3 nitrogen and oxygen atoms in total. The first-order valence-electron chi connectivity index (χ1n) is 6.06. The Bertz CT molecular complexity index is 418. The minimum atomic E-state index is -0.278. The van der Waals surface area contributed by atoms with Gasteiger partial charge in [-0.2, -0.15) is 0 Å². The highest BCUT2D eigenvalue weighted by Gasteiger charge is 2.02. The van der Waals surface area contributed by atoms with Crippen LogP contribution in [0.2, 0.25) is 0 Å². The molecule has 1 aromatic rings. The summed E-state index contributed by atoms with van der Waals surface area (Å²) in [6.45, 7) is 6.00. The van der Waals surface area contributed by atoms with Gasteiger partial charge in [-0.05, 0) is 37.2 Å². The maximum atomic E-state index is 12.7. The first-order valence-corrected chi connectivity index (χ1v) is 6.06. The molecule has 0 saturated heterocycles. The number of amides is 1. The van der Waals surface area contributed by atoms with E-state index in [0.29, 0.717) is 12.1 Å². The summed E-state index contributed by atoms with van der Waals surface area (Å²) in [5, 5.41) is 5.93. The van der Waals surface area contributed by atoms with Gasteiger partial charge in [-0.1, -0.05) is 19.1 Å². The number of carbonyl (C=O) groups excluding carboxylic acids is 1. The fourth-order valence-electron chi connectivity index (χ4n) is 1.46. The van der Waals surface area contributed by atoms with Crippen LogP contribution in [0.25, 0.3) is 6.08 Å². The summed E-state index contributed by atoms with van der Waals surface area (Å²) in [7, 11) is 0. The quantitative estimate of drug-likeness (QED) is 0.623. The number of carbonyl (C=O) groups is 1. The SMILES string of the molecule is CCNCCNC(=O)/C(C)=C/c1ccc(F)cc1.Cl. The molecule has 2 N–H and O–H groups in total. The number of likely N-dealkylation sites (N-methyl/N-ethyl adjacent to an activating group) is 1. The Morgan fingerprint density at radius 1 is 1.26 bits per heavy atom. The maximum Gasteiger partial charge on any atom is 0.246 e. The monoisotopic (exact) mass is 286 g/mol. The minimum Gasteiger partial charge on any atom is -0.351 e. The molecule has 0 heterocycles. The molecule has 0 atom stereocenters. The van der Waals surface area contributed by atoms with Gasteiger partial charge >= 0.3 is 0 Å². The van der Waals surface area contributed by atoms with Crippen molar-refractivity contribution in [1.29, 1.82) is 0 Å². The van der Waals surface area contributed by atoms with E-state index in [0.717, 1.165) is 18.7 Å². The standard InChI is InChI=1S/C14H19FN2O.ClH/c1-3-16-8-9-17-14(18)11(2)10-12-4-6-13(15)7-5-12;/h4-7,10,16H,3,8-9H2,1-2H3,(H,17,18);1H/b11-10+;. The van der Waals surface area contributed by atoms with E-state index >= 15 is 0 Å². The number of hydrogen-bond acceptors (Lipinski definition) is 2. The zero-order valence-electron chi connectivity index (χ0n) is 11.2. The van der Waals surface area contributed by atoms with Gasteiger partial charge < -0.3 is 10.6 Å². The molecule has 0 radical (unpaired) electrons. The predicted molar refractivity (Wildman–Crippen MR) is 78.9 cm³/mol. The van der Waals surface area contributed by atoms with E-state index in [1.165, 1.54) is 12.1 Å². The number of rotatable bonds is 6. The molecule has 0 spiro atoms. The lowest BCUT2D eigenvalue weighted by Gasteiger charge is -2.05. The van der Waals surface area contributed by atoms with Gasteiger partial charge in [-0.25, -0.2) is 4.39 Å². The van der Waals surface area contributed by atoms with E-state index in [-0.39, 0.29) is 24.1 Å². The second-order valence-electron chi connectivity index (χ2n) is 3.99. The number of hydrogen-bond donors (Lipinski definition) is 2. The van der Waals surface area contributed by atoms with Crippen molar-refractivity contribution in [3.63, 3.8) is 0 Å². The molecule has 1 rings (SSSR count). The lowest BCUT2D eigenvalue weighted by atomic mass is 10.1. The second-order valence-corrected chi connectivity index (χ2v) is 3.99. The van der Waals surface area contributed by atoms with Crippen LogP contribution in [-0.4, -0.2) is 25.5 Å². The van der Waals surface area contributed by atoms with Gasteiger partial charge in [0.15, 0.2) is 0 Å². The summed E-state index contributed by atoms with van der Waals surface area (Å²) in [5.41, 5.74) is 1.42. The van der Waals surface area contributed by atoms with Crippen molar-refractivity contribution in [2.45, 2.75) is 13.8 Å². The molecule has 0 fully saturated rings. The number of nitrogens with one attached hydrogen (secondary N) is 2. The molecule has 106 valence electrons. The average molecular weight is 287 g/mol. The molecule has 0 unspecified atom stereocenters. The molecule has 0 aromatic heterocycles. The highest BCUT2D eigenvalue weighted by atomic mass is 35.5. The molecular weight excluding hydrogens is 267 g/mol. The van der Waals surface area contributed by atoms with Crippen molar-refractivity contribution in [3.8, 4) is 0 Å². The lowest BCUT2D eigenvalue weighted by molar-refractivity contribution is -0.117. The van der Waals surface area contributed by atoms with Crippen molar-refractivity contribution in [2.24, 2.45) is 0 Å². The van der Waals surface area contributed by atoms with Gasteiger partial charge in [0.05, 0.1) is 0 Å². The van der Waals surface area contributed by atoms with Crippen LogP contribution < -0.4 is 10.6 Å². The summed E-state index contributed by atoms with van der Waals surface area (Å²) < 4.78 is 12.7. The molecule has 0 aliphatic carbocycles. The first kappa shape index (κ1) is 17.6. The van der Waals surface area contributed by atoms with Crippen LogP contribution >= 0.6 is 12.4 Å². The van der Waals surface area contributed by atoms with Gasteiger partial charge in [0.2, 0.25) is 5.91 Å². The van der Waals surface area contributed by atoms with Gasteiger partial charge in [-0.3, -0.25) is 4.79 Å². The van der Waals surface area contributed by atoms with Crippen LogP contribution in [0.1, 0.15) is 19.4 Å². The lowest BCUT2D eigenvalue weighted by Crippen LogP contribution is -2.32. The topological polar surface area (TPSA) is 41.1 Å². The Labute approximate surface area is 119 Å². The smallest absolute Gasteiger partial charge is 0.246 e. The fraction of sp³-hybridized carbons (Fsp3) is 0.357. The van der Waals surface area contributed by atoms with Crippen LogP contribution in [0.4, 0.5) is 4.39 Å². The highest BCUT2D eigenvalue weighted by Crippen LogP contribution is 2.08. The van der Waals surface area contributed by atoms with E-state index in [1.54, 1.807) is 25.1 Å². The molecule has 1 aromatic carbocycles. The van der Waals surface area contributed by atoms with E-state index in [2.05, 4.69) is 10.6 Å². The van der Waals surface area contributed by atoms with E-state index in [4.69, 9.17) is 0 Å². The van der Waals surface area contributed by atoms with Crippen LogP contribution in [-0.2, 0) is 4.79 Å². The summed E-state index contributed by atoms with van der Waals surface area (Å²) in [6, 6.07) is 6.04. The van der Waals surface area contributed by atoms with E-state index < -0.39 is 0 Å². The predicted octanol–water partition coefficient (Wildman–Crippen LogP) is 2.38. The number of benzene rings is 1. The maximum absolute atomic E-state index is 12.7. The van der Waals surface area contributed by atoms with E-state index in [1.807, 2.05) is 6.92 Å².